The number of carbonyl (C=O) groups excluding carboxylic acids is 3. The van der Waals surface area contributed by atoms with Gasteiger partial charge in [0.05, 0.1) is 12.3 Å². The molecule has 2 amide bonds. The topological polar surface area (TPSA) is 120 Å². The summed E-state index contributed by atoms with van der Waals surface area (Å²) < 4.78 is 0. The molecule has 27 heavy (non-hydrogen) atoms. The van der Waals surface area contributed by atoms with Gasteiger partial charge in [-0.1, -0.05) is 18.2 Å². The Morgan fingerprint density at radius 3 is 2.41 bits per heavy atom. The number of benzene rings is 2. The Bertz CT molecular complexity index is 865. The molecular formula is C19H20N4O4. The van der Waals surface area contributed by atoms with Gasteiger partial charge in [0.2, 0.25) is 6.04 Å². The van der Waals surface area contributed by atoms with Crippen molar-refractivity contribution in [3.05, 3.63) is 59.7 Å². The van der Waals surface area contributed by atoms with E-state index in [1.807, 2.05) is 0 Å². The molecule has 3 N–H and O–H groups in total. The zero-order valence-corrected chi connectivity index (χ0v) is 15.0. The van der Waals surface area contributed by atoms with Crippen molar-refractivity contribution in [2.45, 2.75) is 19.6 Å². The second kappa shape index (κ2) is 9.35. The Hall–Kier alpha value is -3.39. The number of amides is 2. The molecule has 0 fully saturated rings. The molecule has 1 unspecified atom stereocenters. The number of anilines is 1. The lowest BCUT2D eigenvalue weighted by atomic mass is 10.1. The second-order valence-electron chi connectivity index (χ2n) is 5.66. The van der Waals surface area contributed by atoms with E-state index < -0.39 is 17.7 Å². The van der Waals surface area contributed by atoms with Crippen LogP contribution in [0.5, 0.6) is 0 Å². The highest BCUT2D eigenvalue weighted by atomic mass is 16.3. The number of hydrogen-bond acceptors (Lipinski definition) is 6. The number of azo groups is 1. The maximum absolute atomic E-state index is 12.3. The number of aliphatic hydroxyl groups is 1. The molecule has 0 aliphatic rings. The number of para-hydroxylation sites is 1. The Morgan fingerprint density at radius 2 is 1.81 bits per heavy atom. The molecule has 1 atom stereocenters. The van der Waals surface area contributed by atoms with Gasteiger partial charge < -0.3 is 15.7 Å². The van der Waals surface area contributed by atoms with Crippen LogP contribution >= 0.6 is 0 Å². The molecular weight excluding hydrogens is 348 g/mol. The van der Waals surface area contributed by atoms with Crippen molar-refractivity contribution in [3.8, 4) is 0 Å². The maximum atomic E-state index is 12.3. The minimum absolute atomic E-state index is 0.309. The molecule has 0 aliphatic heterocycles. The summed E-state index contributed by atoms with van der Waals surface area (Å²) in [6.45, 7) is 0.888. The lowest BCUT2D eigenvalue weighted by Gasteiger charge is -2.10. The summed E-state index contributed by atoms with van der Waals surface area (Å²) in [4.78, 5) is 35.8. The Balaban J connectivity index is 2.20. The minimum atomic E-state index is -1.30. The van der Waals surface area contributed by atoms with Crippen molar-refractivity contribution in [3.63, 3.8) is 0 Å². The van der Waals surface area contributed by atoms with Crippen LogP contribution in [0.15, 0.2) is 58.8 Å². The number of carbonyl (C=O) groups is 3. The van der Waals surface area contributed by atoms with E-state index in [0.29, 0.717) is 22.5 Å². The number of Topliss-reactive ketones (excluding diaryl/α,β-unsaturated/α-hetero) is 1. The molecule has 0 spiro atoms. The SMILES string of the molecule is CNC(=O)c1ccc(N=NC(C(C)=O)C(=O)Nc2ccccc2)cc1CO. The molecule has 8 nitrogen and oxygen atoms in total. The summed E-state index contributed by atoms with van der Waals surface area (Å²) in [5.74, 6) is -1.40. The van der Waals surface area contributed by atoms with E-state index in [1.54, 1.807) is 30.3 Å². The van der Waals surface area contributed by atoms with Crippen molar-refractivity contribution in [2.75, 3.05) is 12.4 Å². The zero-order valence-electron chi connectivity index (χ0n) is 15.0. The number of aliphatic hydroxyl groups excluding tert-OH is 1. The maximum Gasteiger partial charge on any atom is 0.258 e. The highest BCUT2D eigenvalue weighted by Gasteiger charge is 2.23. The molecule has 140 valence electrons. The molecule has 0 heterocycles. The van der Waals surface area contributed by atoms with E-state index in [1.165, 1.54) is 32.2 Å². The highest BCUT2D eigenvalue weighted by Crippen LogP contribution is 2.20. The van der Waals surface area contributed by atoms with Crippen molar-refractivity contribution in [1.29, 1.82) is 0 Å². The van der Waals surface area contributed by atoms with E-state index >= 15 is 0 Å². The average molecular weight is 368 g/mol. The van der Waals surface area contributed by atoms with Gasteiger partial charge in [-0.25, -0.2) is 0 Å². The minimum Gasteiger partial charge on any atom is -0.392 e. The summed E-state index contributed by atoms with van der Waals surface area (Å²) in [5.41, 5.74) is 1.52. The van der Waals surface area contributed by atoms with Crippen LogP contribution in [0.25, 0.3) is 0 Å². The van der Waals surface area contributed by atoms with Crippen molar-refractivity contribution >= 4 is 29.0 Å². The third-order valence-electron chi connectivity index (χ3n) is 3.69. The molecule has 2 rings (SSSR count). The first-order chi connectivity index (χ1) is 13.0. The Labute approximate surface area is 156 Å². The quantitative estimate of drug-likeness (QED) is 0.512. The fourth-order valence-electron chi connectivity index (χ4n) is 2.30. The van der Waals surface area contributed by atoms with E-state index in [4.69, 9.17) is 0 Å². The lowest BCUT2D eigenvalue weighted by Crippen LogP contribution is -2.31. The molecule has 0 aliphatic carbocycles. The van der Waals surface area contributed by atoms with Gasteiger partial charge >= 0.3 is 0 Å². The van der Waals surface area contributed by atoms with E-state index in [2.05, 4.69) is 20.9 Å². The normalized spacial score (nSPS) is 11.8. The fraction of sp³-hybridized carbons (Fsp3) is 0.211. The first-order valence-electron chi connectivity index (χ1n) is 8.19. The Kier molecular flexibility index (Phi) is 6.90. The largest absolute Gasteiger partial charge is 0.392 e. The predicted molar refractivity (Wildman–Crippen MR) is 99.8 cm³/mol. The van der Waals surface area contributed by atoms with Gasteiger partial charge in [-0.2, -0.15) is 10.2 Å². The predicted octanol–water partition coefficient (Wildman–Crippen LogP) is 2.22. The zero-order chi connectivity index (χ0) is 19.8. The molecule has 0 aromatic heterocycles. The fourth-order valence-corrected chi connectivity index (χ4v) is 2.30. The average Bonchev–Trinajstić information content (AvgIpc) is 2.67. The molecule has 2 aromatic carbocycles. The van der Waals surface area contributed by atoms with Gasteiger partial charge in [0.15, 0.2) is 5.78 Å². The van der Waals surface area contributed by atoms with Crippen LogP contribution in [0.2, 0.25) is 0 Å². The van der Waals surface area contributed by atoms with Crippen LogP contribution in [0.3, 0.4) is 0 Å². The molecule has 0 bridgehead atoms. The first-order valence-corrected chi connectivity index (χ1v) is 8.19. The standard InChI is InChI=1S/C19H20N4O4/c1-12(25)17(19(27)21-14-6-4-3-5-7-14)23-22-15-8-9-16(18(26)20-2)13(10-15)11-24/h3-10,17,24H,11H2,1-2H3,(H,20,26)(H,21,27). The van der Waals surface area contributed by atoms with E-state index in [9.17, 15) is 19.5 Å². The van der Waals surface area contributed by atoms with Crippen LogP contribution in [0.1, 0.15) is 22.8 Å². The first kappa shape index (κ1) is 19.9. The van der Waals surface area contributed by atoms with Gasteiger partial charge in [0, 0.05) is 18.3 Å². The lowest BCUT2D eigenvalue weighted by molar-refractivity contribution is -0.126. The summed E-state index contributed by atoms with van der Waals surface area (Å²) in [7, 11) is 1.49. The smallest absolute Gasteiger partial charge is 0.258 e. The van der Waals surface area contributed by atoms with Gasteiger partial charge in [-0.3, -0.25) is 14.4 Å². The second-order valence-corrected chi connectivity index (χ2v) is 5.66. The number of rotatable bonds is 7. The van der Waals surface area contributed by atoms with Crippen molar-refractivity contribution in [2.24, 2.45) is 10.2 Å². The summed E-state index contributed by atoms with van der Waals surface area (Å²) in [6, 6.07) is 11.9. The van der Waals surface area contributed by atoms with Crippen LogP contribution in [0.4, 0.5) is 11.4 Å². The molecule has 0 saturated heterocycles. The van der Waals surface area contributed by atoms with E-state index in [-0.39, 0.29) is 12.5 Å². The molecule has 8 heteroatoms. The number of ketones is 1. The third kappa shape index (κ3) is 5.29. The van der Waals surface area contributed by atoms with E-state index in [0.717, 1.165) is 0 Å². The van der Waals surface area contributed by atoms with Gasteiger partial charge in [0.25, 0.3) is 11.8 Å². The number of nitrogens with zero attached hydrogens (tertiary/aromatic N) is 2. The Morgan fingerprint density at radius 1 is 1.11 bits per heavy atom. The van der Waals surface area contributed by atoms with Crippen LogP contribution < -0.4 is 10.6 Å². The number of hydrogen-bond donors (Lipinski definition) is 3. The van der Waals surface area contributed by atoms with Crippen molar-refractivity contribution < 1.29 is 19.5 Å². The van der Waals surface area contributed by atoms with Crippen molar-refractivity contribution in [1.82, 2.24) is 5.32 Å². The summed E-state index contributed by atoms with van der Waals surface area (Å²) in [6.07, 6.45) is 0. The third-order valence-corrected chi connectivity index (χ3v) is 3.69. The van der Waals surface area contributed by atoms with Crippen LogP contribution in [-0.2, 0) is 16.2 Å². The van der Waals surface area contributed by atoms with Gasteiger partial charge in [0.1, 0.15) is 0 Å². The van der Waals surface area contributed by atoms with Crippen LogP contribution in [0, 0.1) is 0 Å². The summed E-state index contributed by atoms with van der Waals surface area (Å²) in [5, 5.41) is 22.3. The molecule has 0 radical (unpaired) electrons. The highest BCUT2D eigenvalue weighted by molar-refractivity contribution is 6.10. The van der Waals surface area contributed by atoms with Gasteiger partial charge in [-0.05, 0) is 42.8 Å². The van der Waals surface area contributed by atoms with Gasteiger partial charge in [-0.15, -0.1) is 0 Å². The molecule has 0 saturated carbocycles. The van der Waals surface area contributed by atoms with Crippen LogP contribution in [-0.4, -0.2) is 35.8 Å². The number of nitrogens with one attached hydrogen (secondary N) is 2. The monoisotopic (exact) mass is 368 g/mol. The molecule has 2 aromatic rings. The summed E-state index contributed by atoms with van der Waals surface area (Å²) >= 11 is 0.